The second-order valence-corrected chi connectivity index (χ2v) is 5.35. The number of carbonyl (C=O) groups excluding carboxylic acids is 1. The molecular formula is C16H14N4OS. The SMILES string of the molecule is O=C(NNC1=NNC(c2ccccc2)=CS1)c1ccccc1. The van der Waals surface area contributed by atoms with Gasteiger partial charge in [-0.05, 0) is 12.1 Å². The number of benzene rings is 2. The van der Waals surface area contributed by atoms with Gasteiger partial charge in [0.05, 0.1) is 5.70 Å². The van der Waals surface area contributed by atoms with E-state index < -0.39 is 0 Å². The number of amidine groups is 1. The van der Waals surface area contributed by atoms with Crippen molar-refractivity contribution in [3.63, 3.8) is 0 Å². The number of hydrogen-bond acceptors (Lipinski definition) is 5. The molecule has 5 nitrogen and oxygen atoms in total. The van der Waals surface area contributed by atoms with Gasteiger partial charge >= 0.3 is 0 Å². The molecule has 0 fully saturated rings. The molecule has 1 aliphatic rings. The molecule has 1 heterocycles. The van der Waals surface area contributed by atoms with Crippen molar-refractivity contribution in [3.05, 3.63) is 77.2 Å². The molecule has 3 N–H and O–H groups in total. The van der Waals surface area contributed by atoms with Gasteiger partial charge in [0.1, 0.15) is 0 Å². The Bertz CT molecular complexity index is 713. The third kappa shape index (κ3) is 3.48. The second kappa shape index (κ2) is 6.82. The van der Waals surface area contributed by atoms with Crippen molar-refractivity contribution in [1.82, 2.24) is 16.3 Å². The topological polar surface area (TPSA) is 65.5 Å². The van der Waals surface area contributed by atoms with Crippen molar-refractivity contribution in [2.75, 3.05) is 0 Å². The van der Waals surface area contributed by atoms with Crippen molar-refractivity contribution in [2.45, 2.75) is 0 Å². The van der Waals surface area contributed by atoms with E-state index in [0.29, 0.717) is 10.7 Å². The van der Waals surface area contributed by atoms with Gasteiger partial charge in [-0.3, -0.25) is 21.1 Å². The van der Waals surface area contributed by atoms with Gasteiger partial charge in [0, 0.05) is 16.5 Å². The minimum absolute atomic E-state index is 0.207. The van der Waals surface area contributed by atoms with E-state index >= 15 is 0 Å². The Morgan fingerprint density at radius 3 is 2.32 bits per heavy atom. The average Bonchev–Trinajstić information content (AvgIpc) is 2.61. The van der Waals surface area contributed by atoms with Gasteiger partial charge in [-0.15, -0.1) is 5.10 Å². The molecule has 0 spiro atoms. The summed E-state index contributed by atoms with van der Waals surface area (Å²) in [5.74, 6) is -0.207. The van der Waals surface area contributed by atoms with Gasteiger partial charge in [0.2, 0.25) is 5.17 Å². The number of thioether (sulfide) groups is 1. The maximum absolute atomic E-state index is 11.9. The van der Waals surface area contributed by atoms with E-state index in [2.05, 4.69) is 21.4 Å². The summed E-state index contributed by atoms with van der Waals surface area (Å²) in [6.07, 6.45) is 0. The molecule has 0 saturated heterocycles. The summed E-state index contributed by atoms with van der Waals surface area (Å²) in [5, 5.41) is 6.71. The first kappa shape index (κ1) is 14.2. The lowest BCUT2D eigenvalue weighted by Crippen LogP contribution is -2.41. The Morgan fingerprint density at radius 2 is 1.68 bits per heavy atom. The van der Waals surface area contributed by atoms with Gasteiger partial charge in [0.15, 0.2) is 0 Å². The van der Waals surface area contributed by atoms with Crippen LogP contribution in [-0.4, -0.2) is 11.1 Å². The molecule has 0 radical (unpaired) electrons. The molecule has 2 aromatic carbocycles. The highest BCUT2D eigenvalue weighted by molar-refractivity contribution is 8.16. The van der Waals surface area contributed by atoms with Crippen molar-refractivity contribution < 1.29 is 4.79 Å². The lowest BCUT2D eigenvalue weighted by Gasteiger charge is -2.15. The Morgan fingerprint density at radius 1 is 1.00 bits per heavy atom. The predicted molar refractivity (Wildman–Crippen MR) is 89.6 cm³/mol. The quantitative estimate of drug-likeness (QED) is 0.746. The lowest BCUT2D eigenvalue weighted by molar-refractivity contribution is 0.0944. The molecule has 6 heteroatoms. The number of hydrazine groups is 1. The minimum atomic E-state index is -0.207. The van der Waals surface area contributed by atoms with Crippen molar-refractivity contribution in [1.29, 1.82) is 0 Å². The lowest BCUT2D eigenvalue weighted by atomic mass is 10.2. The molecule has 0 bridgehead atoms. The first-order valence-electron chi connectivity index (χ1n) is 6.70. The van der Waals surface area contributed by atoms with Crippen LogP contribution in [0.2, 0.25) is 0 Å². The summed E-state index contributed by atoms with van der Waals surface area (Å²) in [6.45, 7) is 0. The maximum Gasteiger partial charge on any atom is 0.269 e. The number of nitrogens with zero attached hydrogens (tertiary/aromatic N) is 1. The molecule has 0 aliphatic carbocycles. The highest BCUT2D eigenvalue weighted by atomic mass is 32.2. The standard InChI is InChI=1S/C16H14N4OS/c21-15(13-9-5-2-6-10-13)18-20-16-19-17-14(11-22-16)12-7-3-1-4-8-12/h1-11,17H,(H,18,21)(H,19,20). The molecule has 110 valence electrons. The van der Waals surface area contributed by atoms with Gasteiger partial charge < -0.3 is 0 Å². The van der Waals surface area contributed by atoms with Crippen LogP contribution in [0.3, 0.4) is 0 Å². The number of rotatable bonds is 2. The van der Waals surface area contributed by atoms with Crippen LogP contribution >= 0.6 is 11.8 Å². The van der Waals surface area contributed by atoms with E-state index in [0.717, 1.165) is 11.3 Å². The minimum Gasteiger partial charge on any atom is -0.275 e. The van der Waals surface area contributed by atoms with Gasteiger partial charge in [-0.25, -0.2) is 0 Å². The first-order chi connectivity index (χ1) is 10.8. The number of hydrogen-bond donors (Lipinski definition) is 3. The summed E-state index contributed by atoms with van der Waals surface area (Å²) >= 11 is 1.40. The summed E-state index contributed by atoms with van der Waals surface area (Å²) in [7, 11) is 0. The molecule has 3 rings (SSSR count). The molecular weight excluding hydrogens is 296 g/mol. The number of hydrazone groups is 1. The van der Waals surface area contributed by atoms with Crippen LogP contribution in [-0.2, 0) is 0 Å². The molecule has 1 aliphatic heterocycles. The van der Waals surface area contributed by atoms with E-state index in [9.17, 15) is 4.79 Å². The normalized spacial score (nSPS) is 13.5. The summed E-state index contributed by atoms with van der Waals surface area (Å²) in [4.78, 5) is 11.9. The fourth-order valence-corrected chi connectivity index (χ4v) is 2.48. The third-order valence-electron chi connectivity index (χ3n) is 2.97. The zero-order valence-electron chi connectivity index (χ0n) is 11.6. The van der Waals surface area contributed by atoms with Crippen molar-refractivity contribution >= 4 is 28.5 Å². The van der Waals surface area contributed by atoms with Gasteiger partial charge in [-0.1, -0.05) is 60.3 Å². The number of amides is 1. The first-order valence-corrected chi connectivity index (χ1v) is 7.58. The molecule has 0 atom stereocenters. The largest absolute Gasteiger partial charge is 0.275 e. The summed E-state index contributed by atoms with van der Waals surface area (Å²) < 4.78 is 0. The fraction of sp³-hybridized carbons (Fsp3) is 0. The Labute approximate surface area is 132 Å². The van der Waals surface area contributed by atoms with E-state index in [1.165, 1.54) is 11.8 Å². The molecule has 2 aromatic rings. The average molecular weight is 310 g/mol. The monoisotopic (exact) mass is 310 g/mol. The van der Waals surface area contributed by atoms with Crippen LogP contribution in [0.5, 0.6) is 0 Å². The smallest absolute Gasteiger partial charge is 0.269 e. The fourth-order valence-electron chi connectivity index (χ4n) is 1.86. The Kier molecular flexibility index (Phi) is 4.41. The van der Waals surface area contributed by atoms with Crippen molar-refractivity contribution in [2.24, 2.45) is 5.10 Å². The molecule has 0 unspecified atom stereocenters. The van der Waals surface area contributed by atoms with Crippen LogP contribution in [0, 0.1) is 0 Å². The van der Waals surface area contributed by atoms with Gasteiger partial charge in [-0.2, -0.15) is 0 Å². The predicted octanol–water partition coefficient (Wildman–Crippen LogP) is 2.53. The van der Waals surface area contributed by atoms with Gasteiger partial charge in [0.25, 0.3) is 5.91 Å². The maximum atomic E-state index is 11.9. The number of nitrogens with one attached hydrogen (secondary N) is 3. The molecule has 1 amide bonds. The summed E-state index contributed by atoms with van der Waals surface area (Å²) in [5.41, 5.74) is 10.9. The highest BCUT2D eigenvalue weighted by Crippen LogP contribution is 2.19. The summed E-state index contributed by atoms with van der Waals surface area (Å²) in [6, 6.07) is 18.9. The van der Waals surface area contributed by atoms with Crippen LogP contribution in [0.4, 0.5) is 0 Å². The van der Waals surface area contributed by atoms with E-state index in [1.54, 1.807) is 12.1 Å². The molecule has 0 saturated carbocycles. The van der Waals surface area contributed by atoms with E-state index in [1.807, 2.05) is 53.9 Å². The van der Waals surface area contributed by atoms with Crippen LogP contribution in [0.25, 0.3) is 5.70 Å². The zero-order valence-corrected chi connectivity index (χ0v) is 12.4. The van der Waals surface area contributed by atoms with E-state index in [-0.39, 0.29) is 5.91 Å². The highest BCUT2D eigenvalue weighted by Gasteiger charge is 2.10. The second-order valence-electron chi connectivity index (χ2n) is 4.49. The zero-order chi connectivity index (χ0) is 15.2. The Hall–Kier alpha value is -2.73. The third-order valence-corrected chi connectivity index (χ3v) is 3.74. The van der Waals surface area contributed by atoms with Crippen LogP contribution in [0.1, 0.15) is 15.9 Å². The van der Waals surface area contributed by atoms with E-state index in [4.69, 9.17) is 0 Å². The molecule has 22 heavy (non-hydrogen) atoms. The van der Waals surface area contributed by atoms with Crippen LogP contribution < -0.4 is 16.3 Å². The number of carbonyl (C=O) groups is 1. The molecule has 0 aromatic heterocycles. The van der Waals surface area contributed by atoms with Crippen LogP contribution in [0.15, 0.2) is 71.2 Å². The van der Waals surface area contributed by atoms with Crippen molar-refractivity contribution in [3.8, 4) is 0 Å². The Balaban J connectivity index is 1.54.